The van der Waals surface area contributed by atoms with Crippen molar-refractivity contribution < 1.29 is 24.5 Å². The minimum Gasteiger partial charge on any atom is -0.466 e. The highest BCUT2D eigenvalue weighted by atomic mass is 16.5. The van der Waals surface area contributed by atoms with Crippen LogP contribution in [0.15, 0.2) is 48.6 Å². The monoisotopic (exact) mass is 968 g/mol. The minimum atomic E-state index is -0.861. The Morgan fingerprint density at radius 2 is 0.725 bits per heavy atom. The Bertz CT molecular complexity index is 1160. The van der Waals surface area contributed by atoms with Crippen LogP contribution in [0.2, 0.25) is 0 Å². The fourth-order valence-corrected chi connectivity index (χ4v) is 9.15. The minimum absolute atomic E-state index is 0.0258. The van der Waals surface area contributed by atoms with E-state index in [0.29, 0.717) is 19.4 Å². The number of ether oxygens (including phenoxy) is 1. The second-order valence-electron chi connectivity index (χ2n) is 20.7. The molecule has 0 aromatic heterocycles. The van der Waals surface area contributed by atoms with Gasteiger partial charge < -0.3 is 20.3 Å². The number of nitrogens with one attached hydrogen (secondary N) is 1. The van der Waals surface area contributed by atoms with E-state index in [0.717, 1.165) is 77.0 Å². The first-order chi connectivity index (χ1) is 34.0. The molecule has 0 aromatic rings. The van der Waals surface area contributed by atoms with Crippen LogP contribution in [0.4, 0.5) is 0 Å². The van der Waals surface area contributed by atoms with E-state index in [1.54, 1.807) is 6.08 Å². The van der Waals surface area contributed by atoms with Gasteiger partial charge >= 0.3 is 5.97 Å². The Labute approximate surface area is 429 Å². The zero-order valence-corrected chi connectivity index (χ0v) is 46.0. The standard InChI is InChI=1S/C63H117NO5/c1-3-5-7-9-11-13-15-17-19-21-23-24-27-31-35-39-43-47-51-55-61(66)60(59-65)64-62(67)56-52-48-44-40-36-32-28-26-30-34-38-42-46-50-54-58-69-63(68)57-53-49-45-41-37-33-29-25-22-20-18-16-14-12-10-8-6-4-2/h20,22,26,30,34,38,51,55,60-61,65-66H,3-19,21,23-25,27-29,31-33,35-37,39-50,52-54,56-59H2,1-2H3,(H,64,67)/b22-20-,30-26-,38-34-,55-51+. The van der Waals surface area contributed by atoms with Crippen molar-refractivity contribution in [1.82, 2.24) is 5.32 Å². The fourth-order valence-electron chi connectivity index (χ4n) is 9.15. The normalized spacial score (nSPS) is 12.9. The van der Waals surface area contributed by atoms with Crippen molar-refractivity contribution in [1.29, 1.82) is 0 Å². The molecule has 6 heteroatoms. The maximum Gasteiger partial charge on any atom is 0.305 e. The van der Waals surface area contributed by atoms with E-state index >= 15 is 0 Å². The number of esters is 1. The van der Waals surface area contributed by atoms with Crippen LogP contribution >= 0.6 is 0 Å². The summed E-state index contributed by atoms with van der Waals surface area (Å²) in [6.45, 7) is 4.86. The molecule has 0 saturated heterocycles. The number of carbonyl (C=O) groups excluding carboxylic acids is 2. The summed E-state index contributed by atoms with van der Waals surface area (Å²) >= 11 is 0. The molecule has 0 aliphatic rings. The van der Waals surface area contributed by atoms with Crippen LogP contribution in [0.25, 0.3) is 0 Å². The number of amides is 1. The Hall–Kier alpha value is -2.18. The van der Waals surface area contributed by atoms with E-state index in [1.165, 1.54) is 212 Å². The molecule has 0 bridgehead atoms. The number of allylic oxidation sites excluding steroid dienone is 7. The van der Waals surface area contributed by atoms with Crippen LogP contribution in [0.5, 0.6) is 0 Å². The van der Waals surface area contributed by atoms with Gasteiger partial charge in [-0.2, -0.15) is 0 Å². The summed E-state index contributed by atoms with van der Waals surface area (Å²) in [7, 11) is 0. The van der Waals surface area contributed by atoms with Crippen molar-refractivity contribution in [2.75, 3.05) is 13.2 Å². The summed E-state index contributed by atoms with van der Waals surface area (Å²) in [5.74, 6) is -0.115. The van der Waals surface area contributed by atoms with Crippen LogP contribution in [-0.4, -0.2) is 47.4 Å². The molecule has 0 radical (unpaired) electrons. The summed E-state index contributed by atoms with van der Waals surface area (Å²) in [6.07, 6.45) is 74.3. The Morgan fingerprint density at radius 3 is 1.12 bits per heavy atom. The lowest BCUT2D eigenvalue weighted by Crippen LogP contribution is -2.45. The molecule has 0 aliphatic carbocycles. The van der Waals surface area contributed by atoms with Crippen LogP contribution in [0.1, 0.15) is 316 Å². The molecule has 0 fully saturated rings. The molecule has 69 heavy (non-hydrogen) atoms. The predicted octanol–water partition coefficient (Wildman–Crippen LogP) is 19.0. The van der Waals surface area contributed by atoms with Crippen molar-refractivity contribution in [2.24, 2.45) is 0 Å². The first-order valence-corrected chi connectivity index (χ1v) is 30.4. The molecule has 1 amide bonds. The van der Waals surface area contributed by atoms with E-state index in [-0.39, 0.29) is 18.5 Å². The van der Waals surface area contributed by atoms with Gasteiger partial charge in [0.1, 0.15) is 0 Å². The zero-order valence-electron chi connectivity index (χ0n) is 46.0. The number of aliphatic hydroxyl groups is 2. The summed E-state index contributed by atoms with van der Waals surface area (Å²) in [6, 6.07) is -0.646. The fraction of sp³-hybridized carbons (Fsp3) is 0.841. The largest absolute Gasteiger partial charge is 0.466 e. The van der Waals surface area contributed by atoms with Crippen LogP contribution in [0, 0.1) is 0 Å². The number of aliphatic hydroxyl groups excluding tert-OH is 2. The zero-order chi connectivity index (χ0) is 50.0. The number of rotatable bonds is 56. The van der Waals surface area contributed by atoms with E-state index < -0.39 is 12.1 Å². The smallest absolute Gasteiger partial charge is 0.305 e. The molecule has 0 aromatic carbocycles. The third-order valence-electron chi connectivity index (χ3n) is 13.8. The van der Waals surface area contributed by atoms with Crippen molar-refractivity contribution in [2.45, 2.75) is 328 Å². The summed E-state index contributed by atoms with van der Waals surface area (Å²) in [5.41, 5.74) is 0. The molecule has 0 heterocycles. The SMILES string of the molecule is CCCCCCCCC/C=C\CCCCCCCCCC(=O)OCCCCC/C=C\C=C/CCCCCCCCC(=O)NC(CO)C(O)/C=C/CCCCCCCCCCCCCCCCCCC. The molecule has 0 rings (SSSR count). The second kappa shape index (κ2) is 58.4. The summed E-state index contributed by atoms with van der Waals surface area (Å²) < 4.78 is 5.46. The van der Waals surface area contributed by atoms with E-state index in [2.05, 4.69) is 55.6 Å². The average Bonchev–Trinajstić information content (AvgIpc) is 3.35. The maximum absolute atomic E-state index is 12.5. The van der Waals surface area contributed by atoms with E-state index in [9.17, 15) is 19.8 Å². The highest BCUT2D eigenvalue weighted by Crippen LogP contribution is 2.16. The molecular weight excluding hydrogens is 851 g/mol. The van der Waals surface area contributed by atoms with Gasteiger partial charge in [0.15, 0.2) is 0 Å². The molecule has 0 saturated carbocycles. The van der Waals surface area contributed by atoms with Crippen LogP contribution < -0.4 is 5.32 Å². The lowest BCUT2D eigenvalue weighted by Gasteiger charge is -2.20. The molecule has 2 atom stereocenters. The van der Waals surface area contributed by atoms with Gasteiger partial charge in [0.2, 0.25) is 5.91 Å². The number of hydrogen-bond donors (Lipinski definition) is 3. The maximum atomic E-state index is 12.5. The Balaban J connectivity index is 3.54. The van der Waals surface area contributed by atoms with Crippen molar-refractivity contribution in [3.63, 3.8) is 0 Å². The number of unbranched alkanes of at least 4 members (excludes halogenated alkanes) is 40. The first kappa shape index (κ1) is 66.8. The van der Waals surface area contributed by atoms with Crippen molar-refractivity contribution >= 4 is 11.9 Å². The van der Waals surface area contributed by atoms with Gasteiger partial charge in [-0.05, 0) is 89.9 Å². The number of hydrogen-bond acceptors (Lipinski definition) is 5. The first-order valence-electron chi connectivity index (χ1n) is 30.4. The highest BCUT2D eigenvalue weighted by Gasteiger charge is 2.18. The van der Waals surface area contributed by atoms with Gasteiger partial charge in [0, 0.05) is 12.8 Å². The Kier molecular flexibility index (Phi) is 56.5. The van der Waals surface area contributed by atoms with Gasteiger partial charge in [-0.25, -0.2) is 0 Å². The lowest BCUT2D eigenvalue weighted by molar-refractivity contribution is -0.143. The van der Waals surface area contributed by atoms with Gasteiger partial charge in [0.25, 0.3) is 0 Å². The second-order valence-corrected chi connectivity index (χ2v) is 20.7. The Morgan fingerprint density at radius 1 is 0.406 bits per heavy atom. The quantitative estimate of drug-likeness (QED) is 0.0244. The van der Waals surface area contributed by atoms with Crippen molar-refractivity contribution in [3.05, 3.63) is 48.6 Å². The van der Waals surface area contributed by atoms with Crippen molar-refractivity contribution in [3.8, 4) is 0 Å². The van der Waals surface area contributed by atoms with Gasteiger partial charge in [-0.15, -0.1) is 0 Å². The van der Waals surface area contributed by atoms with Gasteiger partial charge in [-0.1, -0.05) is 262 Å². The van der Waals surface area contributed by atoms with Gasteiger partial charge in [-0.3, -0.25) is 9.59 Å². The molecule has 404 valence electrons. The lowest BCUT2D eigenvalue weighted by atomic mass is 10.0. The molecule has 6 nitrogen and oxygen atoms in total. The third-order valence-corrected chi connectivity index (χ3v) is 13.8. The molecule has 0 aliphatic heterocycles. The van der Waals surface area contributed by atoms with Crippen LogP contribution in [-0.2, 0) is 14.3 Å². The molecule has 0 spiro atoms. The number of carbonyl (C=O) groups is 2. The average molecular weight is 969 g/mol. The van der Waals surface area contributed by atoms with E-state index in [1.807, 2.05) is 6.08 Å². The van der Waals surface area contributed by atoms with Crippen LogP contribution in [0.3, 0.4) is 0 Å². The van der Waals surface area contributed by atoms with E-state index in [4.69, 9.17) is 4.74 Å². The van der Waals surface area contributed by atoms with Gasteiger partial charge in [0.05, 0.1) is 25.4 Å². The topological polar surface area (TPSA) is 95.9 Å². The predicted molar refractivity (Wildman–Crippen MR) is 301 cm³/mol. The summed E-state index contributed by atoms with van der Waals surface area (Å²) in [5, 5.41) is 23.1. The summed E-state index contributed by atoms with van der Waals surface area (Å²) in [4.78, 5) is 24.5. The molecule has 3 N–H and O–H groups in total. The molecular formula is C63H117NO5. The highest BCUT2D eigenvalue weighted by molar-refractivity contribution is 5.76. The molecule has 2 unspecified atom stereocenters. The third kappa shape index (κ3) is 55.0.